The summed E-state index contributed by atoms with van der Waals surface area (Å²) in [6, 6.07) is 15.7. The highest BCUT2D eigenvalue weighted by molar-refractivity contribution is 5.74. The van der Waals surface area contributed by atoms with E-state index in [2.05, 4.69) is 15.3 Å². The maximum atomic E-state index is 5.64. The number of anilines is 2. The molecule has 1 aromatic heterocycles. The molecular weight excluding hydrogens is 224 g/mol. The molecule has 2 aromatic carbocycles. The van der Waals surface area contributed by atoms with Gasteiger partial charge in [-0.15, -0.1) is 0 Å². The normalized spacial score (nSPS) is 10.7. The van der Waals surface area contributed by atoms with Crippen molar-refractivity contribution in [3.8, 4) is 0 Å². The zero-order valence-electron chi connectivity index (χ0n) is 9.85. The van der Waals surface area contributed by atoms with Gasteiger partial charge < -0.3 is 16.0 Å². The number of nitrogens with one attached hydrogen (secondary N) is 2. The van der Waals surface area contributed by atoms with Gasteiger partial charge in [0.25, 0.3) is 0 Å². The molecule has 18 heavy (non-hydrogen) atoms. The third kappa shape index (κ3) is 2.13. The first-order chi connectivity index (χ1) is 8.81. The molecule has 3 rings (SSSR count). The van der Waals surface area contributed by atoms with E-state index >= 15 is 0 Å². The Balaban J connectivity index is 1.74. The van der Waals surface area contributed by atoms with Gasteiger partial charge in [0.15, 0.2) is 0 Å². The summed E-state index contributed by atoms with van der Waals surface area (Å²) in [5.41, 5.74) is 9.49. The Labute approximate surface area is 105 Å². The Morgan fingerprint density at radius 1 is 1.06 bits per heavy atom. The van der Waals surface area contributed by atoms with Crippen LogP contribution in [-0.4, -0.2) is 9.97 Å². The van der Waals surface area contributed by atoms with Gasteiger partial charge in [-0.3, -0.25) is 0 Å². The van der Waals surface area contributed by atoms with Crippen LogP contribution in [0.15, 0.2) is 48.5 Å². The topological polar surface area (TPSA) is 66.7 Å². The van der Waals surface area contributed by atoms with E-state index in [0.717, 1.165) is 28.2 Å². The lowest BCUT2D eigenvalue weighted by Crippen LogP contribution is -2.01. The minimum atomic E-state index is 0.665. The Bertz CT molecular complexity index is 622. The van der Waals surface area contributed by atoms with Crippen LogP contribution in [0.1, 0.15) is 5.82 Å². The van der Waals surface area contributed by atoms with Gasteiger partial charge in [-0.05, 0) is 36.4 Å². The fraction of sp³-hybridized carbons (Fsp3) is 0.0714. The van der Waals surface area contributed by atoms with Gasteiger partial charge in [-0.25, -0.2) is 4.98 Å². The number of H-pyrrole nitrogens is 1. The van der Waals surface area contributed by atoms with E-state index in [1.54, 1.807) is 0 Å². The van der Waals surface area contributed by atoms with Crippen LogP contribution in [-0.2, 0) is 6.54 Å². The van der Waals surface area contributed by atoms with Crippen LogP contribution in [0.2, 0.25) is 0 Å². The molecule has 0 aliphatic rings. The monoisotopic (exact) mass is 238 g/mol. The van der Waals surface area contributed by atoms with Crippen LogP contribution in [0.3, 0.4) is 0 Å². The highest BCUT2D eigenvalue weighted by atomic mass is 15.0. The number of aromatic nitrogens is 2. The number of aromatic amines is 1. The highest BCUT2D eigenvalue weighted by Gasteiger charge is 2.01. The first kappa shape index (κ1) is 10.7. The summed E-state index contributed by atoms with van der Waals surface area (Å²) in [6.07, 6.45) is 0. The number of benzene rings is 2. The number of nitrogens with two attached hydrogens (primary N) is 1. The van der Waals surface area contributed by atoms with E-state index in [1.807, 2.05) is 48.5 Å². The second-order valence-corrected chi connectivity index (χ2v) is 4.18. The Morgan fingerprint density at radius 3 is 2.61 bits per heavy atom. The molecule has 0 unspecified atom stereocenters. The predicted octanol–water partition coefficient (Wildman–Crippen LogP) is 2.76. The largest absolute Gasteiger partial charge is 0.399 e. The number of hydrogen-bond acceptors (Lipinski definition) is 3. The van der Waals surface area contributed by atoms with E-state index in [9.17, 15) is 0 Å². The third-order valence-electron chi connectivity index (χ3n) is 2.81. The van der Waals surface area contributed by atoms with E-state index in [4.69, 9.17) is 5.73 Å². The summed E-state index contributed by atoms with van der Waals surface area (Å²) >= 11 is 0. The second kappa shape index (κ2) is 4.41. The summed E-state index contributed by atoms with van der Waals surface area (Å²) in [5, 5.41) is 3.30. The summed E-state index contributed by atoms with van der Waals surface area (Å²) in [7, 11) is 0. The van der Waals surface area contributed by atoms with Gasteiger partial charge in [-0.1, -0.05) is 12.1 Å². The lowest BCUT2D eigenvalue weighted by Gasteiger charge is -2.04. The van der Waals surface area contributed by atoms with Crippen LogP contribution in [0.4, 0.5) is 11.4 Å². The summed E-state index contributed by atoms with van der Waals surface area (Å²) in [4.78, 5) is 7.78. The Hall–Kier alpha value is -2.49. The molecule has 0 saturated heterocycles. The standard InChI is InChI=1S/C14H14N4/c15-10-5-7-11(8-6-10)16-9-14-17-12-3-1-2-4-13(12)18-14/h1-8,16H,9,15H2,(H,17,18). The molecule has 0 atom stereocenters. The van der Waals surface area contributed by atoms with Crippen LogP contribution < -0.4 is 11.1 Å². The van der Waals surface area contributed by atoms with Crippen molar-refractivity contribution in [3.63, 3.8) is 0 Å². The smallest absolute Gasteiger partial charge is 0.126 e. The van der Waals surface area contributed by atoms with E-state index in [-0.39, 0.29) is 0 Å². The number of fused-ring (bicyclic) bond motifs is 1. The summed E-state index contributed by atoms with van der Waals surface area (Å²) < 4.78 is 0. The lowest BCUT2D eigenvalue weighted by atomic mass is 10.3. The number of hydrogen-bond donors (Lipinski definition) is 3. The predicted molar refractivity (Wildman–Crippen MR) is 74.3 cm³/mol. The molecular formula is C14H14N4. The van der Waals surface area contributed by atoms with Gasteiger partial charge in [-0.2, -0.15) is 0 Å². The lowest BCUT2D eigenvalue weighted by molar-refractivity contribution is 1.01. The third-order valence-corrected chi connectivity index (χ3v) is 2.81. The molecule has 0 amide bonds. The zero-order valence-corrected chi connectivity index (χ0v) is 9.85. The average Bonchev–Trinajstić information content (AvgIpc) is 2.81. The first-order valence-corrected chi connectivity index (χ1v) is 5.84. The van der Waals surface area contributed by atoms with Crippen LogP contribution >= 0.6 is 0 Å². The SMILES string of the molecule is Nc1ccc(NCc2nc3ccccc3[nH]2)cc1. The molecule has 0 aliphatic heterocycles. The van der Waals surface area contributed by atoms with Crippen molar-refractivity contribution in [1.82, 2.24) is 9.97 Å². The summed E-state index contributed by atoms with van der Waals surface area (Å²) in [6.45, 7) is 0.665. The van der Waals surface area contributed by atoms with Gasteiger partial charge in [0.2, 0.25) is 0 Å². The van der Waals surface area contributed by atoms with E-state index < -0.39 is 0 Å². The number of nitrogen functional groups attached to an aromatic ring is 1. The molecule has 0 radical (unpaired) electrons. The number of nitrogens with zero attached hydrogens (tertiary/aromatic N) is 1. The van der Waals surface area contributed by atoms with Crippen molar-refractivity contribution in [2.75, 3.05) is 11.1 Å². The molecule has 1 heterocycles. The molecule has 90 valence electrons. The van der Waals surface area contributed by atoms with E-state index in [0.29, 0.717) is 6.54 Å². The van der Waals surface area contributed by atoms with Crippen LogP contribution in [0, 0.1) is 0 Å². The summed E-state index contributed by atoms with van der Waals surface area (Å²) in [5.74, 6) is 0.924. The second-order valence-electron chi connectivity index (χ2n) is 4.18. The van der Waals surface area contributed by atoms with Crippen LogP contribution in [0.5, 0.6) is 0 Å². The van der Waals surface area contributed by atoms with Crippen molar-refractivity contribution in [1.29, 1.82) is 0 Å². The van der Waals surface area contributed by atoms with Crippen molar-refractivity contribution in [2.45, 2.75) is 6.54 Å². The van der Waals surface area contributed by atoms with E-state index in [1.165, 1.54) is 0 Å². The van der Waals surface area contributed by atoms with Gasteiger partial charge >= 0.3 is 0 Å². The maximum absolute atomic E-state index is 5.64. The maximum Gasteiger partial charge on any atom is 0.126 e. The fourth-order valence-corrected chi connectivity index (χ4v) is 1.88. The van der Waals surface area contributed by atoms with Crippen molar-refractivity contribution in [2.24, 2.45) is 0 Å². The number of para-hydroxylation sites is 2. The van der Waals surface area contributed by atoms with Gasteiger partial charge in [0.05, 0.1) is 17.6 Å². The molecule has 0 aliphatic carbocycles. The molecule has 0 fully saturated rings. The average molecular weight is 238 g/mol. The Morgan fingerprint density at radius 2 is 1.83 bits per heavy atom. The molecule has 3 aromatic rings. The first-order valence-electron chi connectivity index (χ1n) is 5.84. The highest BCUT2D eigenvalue weighted by Crippen LogP contribution is 2.13. The van der Waals surface area contributed by atoms with Crippen molar-refractivity contribution in [3.05, 3.63) is 54.4 Å². The number of imidazole rings is 1. The quantitative estimate of drug-likeness (QED) is 0.615. The molecule has 4 N–H and O–H groups in total. The zero-order chi connectivity index (χ0) is 12.4. The molecule has 0 saturated carbocycles. The molecule has 4 nitrogen and oxygen atoms in total. The van der Waals surface area contributed by atoms with Gasteiger partial charge in [0, 0.05) is 11.4 Å². The van der Waals surface area contributed by atoms with Crippen molar-refractivity contribution < 1.29 is 0 Å². The molecule has 4 heteroatoms. The minimum absolute atomic E-state index is 0.665. The van der Waals surface area contributed by atoms with Crippen molar-refractivity contribution >= 4 is 22.4 Å². The minimum Gasteiger partial charge on any atom is -0.399 e. The fourth-order valence-electron chi connectivity index (χ4n) is 1.88. The molecule has 0 spiro atoms. The molecule has 0 bridgehead atoms. The Kier molecular flexibility index (Phi) is 2.61. The van der Waals surface area contributed by atoms with Gasteiger partial charge in [0.1, 0.15) is 5.82 Å². The number of rotatable bonds is 3. The van der Waals surface area contributed by atoms with Crippen LogP contribution in [0.25, 0.3) is 11.0 Å².